The van der Waals surface area contributed by atoms with Crippen LogP contribution < -0.4 is 0 Å². The van der Waals surface area contributed by atoms with E-state index in [-0.39, 0.29) is 17.4 Å². The molecule has 2 fully saturated rings. The Hall–Kier alpha value is -2.77. The molecule has 4 rings (SSSR count). The lowest BCUT2D eigenvalue weighted by Gasteiger charge is -2.24. The zero-order valence-electron chi connectivity index (χ0n) is 16.4. The van der Waals surface area contributed by atoms with Gasteiger partial charge in [0.2, 0.25) is 0 Å². The van der Waals surface area contributed by atoms with E-state index in [0.717, 1.165) is 24.7 Å². The van der Waals surface area contributed by atoms with Crippen molar-refractivity contribution in [2.75, 3.05) is 26.2 Å². The van der Waals surface area contributed by atoms with Crippen LogP contribution in [0.5, 0.6) is 0 Å². The molecule has 0 spiro atoms. The van der Waals surface area contributed by atoms with Crippen molar-refractivity contribution in [3.05, 3.63) is 47.3 Å². The van der Waals surface area contributed by atoms with Crippen molar-refractivity contribution in [2.45, 2.75) is 44.4 Å². The van der Waals surface area contributed by atoms with Crippen molar-refractivity contribution < 1.29 is 14.0 Å². The molecule has 3 heterocycles. The number of aromatic nitrogens is 3. The predicted molar refractivity (Wildman–Crippen MR) is 105 cm³/mol. The third-order valence-electron chi connectivity index (χ3n) is 5.93. The van der Waals surface area contributed by atoms with Crippen molar-refractivity contribution >= 4 is 11.8 Å². The first-order valence-corrected chi connectivity index (χ1v) is 10.4. The van der Waals surface area contributed by atoms with Gasteiger partial charge in [-0.1, -0.05) is 19.3 Å². The highest BCUT2D eigenvalue weighted by atomic mass is 19.1. The molecule has 1 aliphatic carbocycles. The normalized spacial score (nSPS) is 18.5. The van der Waals surface area contributed by atoms with E-state index >= 15 is 0 Å². The highest BCUT2D eigenvalue weighted by molar-refractivity contribution is 5.96. The van der Waals surface area contributed by atoms with E-state index in [1.807, 2.05) is 0 Å². The molecule has 29 heavy (non-hydrogen) atoms. The topological polar surface area (TPSA) is 82.2 Å². The Kier molecular flexibility index (Phi) is 5.87. The largest absolute Gasteiger partial charge is 0.337 e. The Bertz CT molecular complexity index is 877. The minimum atomic E-state index is -0.530. The van der Waals surface area contributed by atoms with E-state index in [4.69, 9.17) is 0 Å². The summed E-state index contributed by atoms with van der Waals surface area (Å²) in [6, 6.07) is 1.20. The fraction of sp³-hybridized carbons (Fsp3) is 0.524. The first-order valence-electron chi connectivity index (χ1n) is 10.4. The van der Waals surface area contributed by atoms with E-state index in [9.17, 15) is 14.0 Å². The first-order chi connectivity index (χ1) is 14.1. The van der Waals surface area contributed by atoms with Crippen LogP contribution in [0.1, 0.15) is 70.9 Å². The minimum Gasteiger partial charge on any atom is -0.337 e. The third kappa shape index (κ3) is 4.31. The molecule has 154 valence electrons. The molecule has 0 aromatic carbocycles. The van der Waals surface area contributed by atoms with Crippen LogP contribution in [0.25, 0.3) is 0 Å². The average molecular weight is 399 g/mol. The van der Waals surface area contributed by atoms with E-state index in [1.54, 1.807) is 16.0 Å². The molecule has 1 N–H and O–H groups in total. The van der Waals surface area contributed by atoms with E-state index in [0.29, 0.717) is 44.1 Å². The maximum absolute atomic E-state index is 13.4. The maximum atomic E-state index is 13.4. The Morgan fingerprint density at radius 3 is 2.38 bits per heavy atom. The number of H-pyrrole nitrogens is 1. The van der Waals surface area contributed by atoms with Gasteiger partial charge in [0.1, 0.15) is 5.82 Å². The number of aromatic amines is 1. The van der Waals surface area contributed by atoms with Crippen LogP contribution in [0.2, 0.25) is 0 Å². The molecule has 2 aliphatic rings. The van der Waals surface area contributed by atoms with Gasteiger partial charge >= 0.3 is 0 Å². The molecule has 0 bridgehead atoms. The number of amides is 2. The zero-order valence-corrected chi connectivity index (χ0v) is 16.4. The molecular formula is C21H26FN5O2. The van der Waals surface area contributed by atoms with Crippen molar-refractivity contribution in [2.24, 2.45) is 0 Å². The standard InChI is InChI=1S/C21H26FN5O2/c22-17-11-16(12-23-13-17)20(28)26-7-4-8-27(10-9-26)21(29)18-14-24-25-19(18)15-5-2-1-3-6-15/h11-15H,1-10H2,(H,24,25). The lowest BCUT2D eigenvalue weighted by atomic mass is 9.85. The number of pyridine rings is 1. The molecule has 0 unspecified atom stereocenters. The van der Waals surface area contributed by atoms with Crippen LogP contribution in [0, 0.1) is 5.82 Å². The Morgan fingerprint density at radius 1 is 0.931 bits per heavy atom. The Balaban J connectivity index is 1.43. The minimum absolute atomic E-state index is 0.0268. The molecule has 2 aromatic rings. The summed E-state index contributed by atoms with van der Waals surface area (Å²) >= 11 is 0. The number of hydrogen-bond donors (Lipinski definition) is 1. The summed E-state index contributed by atoms with van der Waals surface area (Å²) in [6.07, 6.45) is 10.6. The quantitative estimate of drug-likeness (QED) is 0.860. The molecule has 2 aromatic heterocycles. The van der Waals surface area contributed by atoms with Crippen LogP contribution in [0.15, 0.2) is 24.7 Å². The van der Waals surface area contributed by atoms with Crippen LogP contribution in [0.4, 0.5) is 4.39 Å². The van der Waals surface area contributed by atoms with E-state index in [2.05, 4.69) is 15.2 Å². The third-order valence-corrected chi connectivity index (χ3v) is 5.93. The van der Waals surface area contributed by atoms with Crippen molar-refractivity contribution in [1.29, 1.82) is 0 Å². The van der Waals surface area contributed by atoms with Gasteiger partial charge in [-0.05, 0) is 25.3 Å². The van der Waals surface area contributed by atoms with Gasteiger partial charge in [-0.3, -0.25) is 19.7 Å². The van der Waals surface area contributed by atoms with Gasteiger partial charge < -0.3 is 9.80 Å². The van der Waals surface area contributed by atoms with Crippen LogP contribution in [-0.4, -0.2) is 63.0 Å². The molecule has 0 radical (unpaired) electrons. The van der Waals surface area contributed by atoms with Crippen LogP contribution in [0.3, 0.4) is 0 Å². The summed E-state index contributed by atoms with van der Waals surface area (Å²) in [5.41, 5.74) is 1.85. The molecule has 0 atom stereocenters. The lowest BCUT2D eigenvalue weighted by molar-refractivity contribution is 0.0717. The maximum Gasteiger partial charge on any atom is 0.257 e. The van der Waals surface area contributed by atoms with Gasteiger partial charge in [0.05, 0.1) is 29.2 Å². The Morgan fingerprint density at radius 2 is 1.66 bits per heavy atom. The highest BCUT2D eigenvalue weighted by Gasteiger charge is 2.28. The van der Waals surface area contributed by atoms with Crippen LogP contribution in [-0.2, 0) is 0 Å². The summed E-state index contributed by atoms with van der Waals surface area (Å²) in [5, 5.41) is 7.21. The summed E-state index contributed by atoms with van der Waals surface area (Å²) in [6.45, 7) is 1.97. The summed E-state index contributed by atoms with van der Waals surface area (Å²) in [7, 11) is 0. The number of hydrogen-bond acceptors (Lipinski definition) is 4. The first kappa shape index (κ1) is 19.5. The molecule has 7 nitrogen and oxygen atoms in total. The molecule has 1 saturated carbocycles. The summed E-state index contributed by atoms with van der Waals surface area (Å²) < 4.78 is 13.4. The van der Waals surface area contributed by atoms with Gasteiger partial charge in [-0.25, -0.2) is 4.39 Å². The number of nitrogens with one attached hydrogen (secondary N) is 1. The number of carbonyl (C=O) groups is 2. The van der Waals surface area contributed by atoms with Crippen molar-refractivity contribution in [3.63, 3.8) is 0 Å². The molecule has 1 saturated heterocycles. The SMILES string of the molecule is O=C(c1cncc(F)c1)N1CCCN(C(=O)c2cn[nH]c2C2CCCCC2)CC1. The van der Waals surface area contributed by atoms with Gasteiger partial charge in [-0.15, -0.1) is 0 Å². The Labute approximate surface area is 169 Å². The number of carbonyl (C=O) groups excluding carboxylic acids is 2. The second-order valence-corrected chi connectivity index (χ2v) is 7.86. The highest BCUT2D eigenvalue weighted by Crippen LogP contribution is 2.33. The monoisotopic (exact) mass is 399 g/mol. The van der Waals surface area contributed by atoms with E-state index < -0.39 is 5.82 Å². The lowest BCUT2D eigenvalue weighted by Crippen LogP contribution is -2.37. The number of nitrogens with zero attached hydrogens (tertiary/aromatic N) is 4. The second kappa shape index (κ2) is 8.71. The second-order valence-electron chi connectivity index (χ2n) is 7.86. The summed E-state index contributed by atoms with van der Waals surface area (Å²) in [4.78, 5) is 33.1. The zero-order chi connectivity index (χ0) is 20.2. The summed E-state index contributed by atoms with van der Waals surface area (Å²) in [5.74, 6) is -0.438. The number of halogens is 1. The molecule has 2 amide bonds. The fourth-order valence-electron chi connectivity index (χ4n) is 4.37. The number of rotatable bonds is 3. The molecular weight excluding hydrogens is 373 g/mol. The smallest absolute Gasteiger partial charge is 0.257 e. The van der Waals surface area contributed by atoms with Gasteiger partial charge in [-0.2, -0.15) is 5.10 Å². The molecule has 8 heteroatoms. The van der Waals surface area contributed by atoms with Crippen LogP contribution >= 0.6 is 0 Å². The van der Waals surface area contributed by atoms with Crippen molar-refractivity contribution in [3.8, 4) is 0 Å². The van der Waals surface area contributed by atoms with Crippen molar-refractivity contribution in [1.82, 2.24) is 25.0 Å². The fourth-order valence-corrected chi connectivity index (χ4v) is 4.37. The van der Waals surface area contributed by atoms with Gasteiger partial charge in [0, 0.05) is 38.3 Å². The van der Waals surface area contributed by atoms with Gasteiger partial charge in [0.25, 0.3) is 11.8 Å². The molecule has 1 aliphatic heterocycles. The van der Waals surface area contributed by atoms with Gasteiger partial charge in [0.15, 0.2) is 0 Å². The predicted octanol–water partition coefficient (Wildman–Crippen LogP) is 2.98. The van der Waals surface area contributed by atoms with E-state index in [1.165, 1.54) is 31.5 Å². The average Bonchev–Trinajstić information content (AvgIpc) is 3.11.